The van der Waals surface area contributed by atoms with E-state index in [9.17, 15) is 0 Å². The molecular formula is H2NO3+. The van der Waals surface area contributed by atoms with Crippen molar-refractivity contribution < 1.29 is 11.7 Å². The second-order valence-electron chi connectivity index (χ2n) is 0.238. The molecule has 0 heterocycles. The Kier molecular flexibility index (Phi) is 0.524. The summed E-state index contributed by atoms with van der Waals surface area (Å²) < 4.78 is 0. The number of rotatable bonds is 0. The summed E-state index contributed by atoms with van der Waals surface area (Å²) in [6.45, 7) is 0. The molecule has 0 spiro atoms. The molecule has 0 aromatic rings. The molecule has 0 atom stereocenters. The van der Waals surface area contributed by atoms with Crippen LogP contribution in [-0.4, -0.2) is 10.3 Å². The maximum Gasteiger partial charge on any atom is 1.00 e. The number of hydrogen-bond donors (Lipinski definition) is 1. The molecule has 0 aromatic carbocycles. The van der Waals surface area contributed by atoms with Crippen LogP contribution in [0.5, 0.6) is 0 Å². The Bertz CT molecular complexity index is 29.9. The second-order valence-corrected chi connectivity index (χ2v) is 0.238. The molecule has 0 fully saturated rings. The molecule has 0 saturated heterocycles. The maximum atomic E-state index is 8.36. The molecule has 0 aliphatic heterocycles. The highest BCUT2D eigenvalue weighted by atomic mass is 16.9. The largest absolute Gasteiger partial charge is 1.00 e. The van der Waals surface area contributed by atoms with Crippen LogP contribution in [0, 0.1) is 10.1 Å². The van der Waals surface area contributed by atoms with Crippen LogP contribution in [0.4, 0.5) is 0 Å². The molecule has 0 amide bonds. The van der Waals surface area contributed by atoms with E-state index in [1.165, 1.54) is 0 Å². The van der Waals surface area contributed by atoms with Crippen LogP contribution in [-0.2, 0) is 0 Å². The van der Waals surface area contributed by atoms with E-state index in [4.69, 9.17) is 15.3 Å². The Morgan fingerprint density at radius 2 is 2.25 bits per heavy atom. The Balaban J connectivity index is 0. The summed E-state index contributed by atoms with van der Waals surface area (Å²) in [6, 6.07) is 0. The van der Waals surface area contributed by atoms with Crippen molar-refractivity contribution in [3.63, 3.8) is 0 Å². The van der Waals surface area contributed by atoms with Crippen LogP contribution in [0.25, 0.3) is 0 Å². The molecule has 4 heavy (non-hydrogen) atoms. The SMILES string of the molecule is O=[N+]([O-])O.[H+]. The molecule has 1 N–H and O–H groups in total. The third-order valence-electron chi connectivity index (χ3n) is 0. The normalized spacial score (nSPS) is 6.00. The molecule has 0 unspecified atom stereocenters. The van der Waals surface area contributed by atoms with E-state index in [0.29, 0.717) is 0 Å². The Labute approximate surface area is 23.3 Å². The van der Waals surface area contributed by atoms with E-state index in [1.807, 2.05) is 0 Å². The van der Waals surface area contributed by atoms with Crippen molar-refractivity contribution in [3.8, 4) is 0 Å². The fourth-order valence-corrected chi connectivity index (χ4v) is 0. The zero-order valence-electron chi connectivity index (χ0n) is 2.71. The average molecular weight is 64.0 g/mol. The van der Waals surface area contributed by atoms with Gasteiger partial charge in [0.25, 0.3) is 5.09 Å². The summed E-state index contributed by atoms with van der Waals surface area (Å²) in [5, 5.41) is 13.6. The molecule has 0 saturated carbocycles. The standard InChI is InChI=1S/HNO3/c2-1(3)4/h(H,2,3,4)/p+1. The Hall–Kier alpha value is -0.800. The van der Waals surface area contributed by atoms with Crippen LogP contribution >= 0.6 is 0 Å². The summed E-state index contributed by atoms with van der Waals surface area (Å²) in [5.74, 6) is 0. The van der Waals surface area contributed by atoms with Gasteiger partial charge in [-0.1, -0.05) is 0 Å². The predicted molar refractivity (Wildman–Crippen MR) is 9.89 cm³/mol. The highest BCUT2D eigenvalue weighted by molar-refractivity contribution is 3.83. The molecule has 24 valence electrons. The molecule has 0 radical (unpaired) electrons. The van der Waals surface area contributed by atoms with Crippen LogP contribution in [0.3, 0.4) is 0 Å². The highest BCUT2D eigenvalue weighted by Gasteiger charge is 1.65. The van der Waals surface area contributed by atoms with Crippen molar-refractivity contribution in [1.29, 1.82) is 0 Å². The first-order chi connectivity index (χ1) is 1.73. The van der Waals surface area contributed by atoms with Gasteiger partial charge in [-0.25, -0.2) is 0 Å². The molecule has 0 aliphatic carbocycles. The van der Waals surface area contributed by atoms with Crippen molar-refractivity contribution in [2.45, 2.75) is 0 Å². The summed E-state index contributed by atoms with van der Waals surface area (Å²) in [5.41, 5.74) is 0. The van der Waals surface area contributed by atoms with Gasteiger partial charge >= 0.3 is 1.43 Å². The third-order valence-corrected chi connectivity index (χ3v) is 0. The smallest absolute Gasteiger partial charge is 0.328 e. The first-order valence-electron chi connectivity index (χ1n) is 0.565. The zero-order valence-corrected chi connectivity index (χ0v) is 1.71. The number of hydrogen-bond acceptors (Lipinski definition) is 2. The van der Waals surface area contributed by atoms with Gasteiger partial charge in [-0.2, -0.15) is 0 Å². The van der Waals surface area contributed by atoms with Gasteiger partial charge in [0.1, 0.15) is 0 Å². The van der Waals surface area contributed by atoms with E-state index in [-0.39, 0.29) is 1.43 Å². The maximum absolute atomic E-state index is 8.36. The van der Waals surface area contributed by atoms with Gasteiger partial charge in [0.05, 0.1) is 0 Å². The molecule has 0 rings (SSSR count). The Morgan fingerprint density at radius 1 is 2.25 bits per heavy atom. The molecule has 0 aliphatic rings. The fraction of sp³-hybridized carbons (Fsp3) is 0. The lowest BCUT2D eigenvalue weighted by molar-refractivity contribution is -0.742. The average Bonchev–Trinajstić information content (AvgIpc) is 0.811. The zero-order chi connectivity index (χ0) is 3.58. The van der Waals surface area contributed by atoms with Gasteiger partial charge in [0.15, 0.2) is 0 Å². The molecule has 0 aromatic heterocycles. The highest BCUT2D eigenvalue weighted by Crippen LogP contribution is 1.38. The minimum absolute atomic E-state index is 0. The van der Waals surface area contributed by atoms with Crippen LogP contribution in [0.15, 0.2) is 0 Å². The van der Waals surface area contributed by atoms with E-state index in [2.05, 4.69) is 0 Å². The minimum atomic E-state index is -1.50. The predicted octanol–water partition coefficient (Wildman–Crippen LogP) is -0.235. The lowest BCUT2D eigenvalue weighted by atomic mass is 13.1. The van der Waals surface area contributed by atoms with E-state index >= 15 is 0 Å². The summed E-state index contributed by atoms with van der Waals surface area (Å²) in [6.07, 6.45) is 0. The summed E-state index contributed by atoms with van der Waals surface area (Å²) in [4.78, 5) is 8.36. The van der Waals surface area contributed by atoms with E-state index in [1.54, 1.807) is 0 Å². The van der Waals surface area contributed by atoms with Crippen molar-refractivity contribution in [1.82, 2.24) is 0 Å². The second kappa shape index (κ2) is 0.655. The summed E-state index contributed by atoms with van der Waals surface area (Å²) >= 11 is 0. The van der Waals surface area contributed by atoms with Gasteiger partial charge < -0.3 is 5.21 Å². The third kappa shape index (κ3) is 0.0750. The lowest BCUT2D eigenvalue weighted by Gasteiger charge is -1.56. The topological polar surface area (TPSA) is 63.4 Å². The van der Waals surface area contributed by atoms with Crippen molar-refractivity contribution in [2.24, 2.45) is 0 Å². The van der Waals surface area contributed by atoms with E-state index in [0.717, 1.165) is 0 Å². The molecular weight excluding hydrogens is 62.0 g/mol. The fourth-order valence-electron chi connectivity index (χ4n) is 0. The van der Waals surface area contributed by atoms with Gasteiger partial charge in [0.2, 0.25) is 0 Å². The number of nitrogens with zero attached hydrogens (tertiary/aromatic N) is 1. The first kappa shape index (κ1) is 3.20. The summed E-state index contributed by atoms with van der Waals surface area (Å²) in [7, 11) is 0. The van der Waals surface area contributed by atoms with Gasteiger partial charge in [-0.15, -0.1) is 10.1 Å². The van der Waals surface area contributed by atoms with Gasteiger partial charge in [-0.3, -0.25) is 0 Å². The molecule has 4 nitrogen and oxygen atoms in total. The first-order valence-corrected chi connectivity index (χ1v) is 0.565. The van der Waals surface area contributed by atoms with Crippen molar-refractivity contribution >= 4 is 0 Å². The molecule has 4 heteroatoms. The van der Waals surface area contributed by atoms with Gasteiger partial charge in [-0.05, 0) is 0 Å². The monoisotopic (exact) mass is 64.0 g/mol. The van der Waals surface area contributed by atoms with E-state index < -0.39 is 5.09 Å². The minimum Gasteiger partial charge on any atom is -0.328 e. The van der Waals surface area contributed by atoms with Crippen LogP contribution in [0.2, 0.25) is 0 Å². The Morgan fingerprint density at radius 3 is 2.25 bits per heavy atom. The molecule has 0 bridgehead atoms. The quantitative estimate of drug-likeness (QED) is 0.312. The van der Waals surface area contributed by atoms with Gasteiger partial charge in [0, 0.05) is 0 Å². The lowest BCUT2D eigenvalue weighted by Crippen LogP contribution is -1.81. The van der Waals surface area contributed by atoms with Crippen LogP contribution < -0.4 is 0 Å². The van der Waals surface area contributed by atoms with Crippen molar-refractivity contribution in [2.75, 3.05) is 0 Å². The van der Waals surface area contributed by atoms with Crippen molar-refractivity contribution in [3.05, 3.63) is 10.1 Å². The van der Waals surface area contributed by atoms with Crippen LogP contribution in [0.1, 0.15) is 1.43 Å².